The van der Waals surface area contributed by atoms with Crippen LogP contribution in [-0.2, 0) is 4.74 Å². The molecule has 1 saturated heterocycles. The van der Waals surface area contributed by atoms with Crippen LogP contribution in [0.25, 0.3) is 0 Å². The summed E-state index contributed by atoms with van der Waals surface area (Å²) in [6.07, 6.45) is 16.8. The summed E-state index contributed by atoms with van der Waals surface area (Å²) >= 11 is 0. The molecule has 0 aromatic rings. The van der Waals surface area contributed by atoms with E-state index in [9.17, 15) is 5.11 Å². The zero-order valence-corrected chi connectivity index (χ0v) is 21.0. The molecule has 0 spiro atoms. The second-order valence-corrected chi connectivity index (χ2v) is 13.1. The number of aliphatic hydroxyl groups is 1. The first-order valence-corrected chi connectivity index (χ1v) is 13.7. The van der Waals surface area contributed by atoms with E-state index >= 15 is 0 Å². The van der Waals surface area contributed by atoms with Gasteiger partial charge in [-0.25, -0.2) is 0 Å². The molecule has 0 aromatic heterocycles. The van der Waals surface area contributed by atoms with Crippen molar-refractivity contribution >= 4 is 0 Å². The summed E-state index contributed by atoms with van der Waals surface area (Å²) in [6.45, 7) is 13.5. The molecule has 1 aliphatic heterocycles. The molecule has 176 valence electrons. The van der Waals surface area contributed by atoms with Crippen LogP contribution < -0.4 is 0 Å². The molecule has 0 aromatic carbocycles. The Kier molecular flexibility index (Phi) is 5.70. The number of hydrogen-bond acceptors (Lipinski definition) is 2. The zero-order chi connectivity index (χ0) is 22.0. The van der Waals surface area contributed by atoms with Crippen LogP contribution in [0.5, 0.6) is 0 Å². The van der Waals surface area contributed by atoms with E-state index in [0.717, 1.165) is 55.0 Å². The van der Waals surface area contributed by atoms with E-state index in [1.165, 1.54) is 57.8 Å². The van der Waals surface area contributed by atoms with Crippen LogP contribution in [0.3, 0.4) is 0 Å². The highest BCUT2D eigenvalue weighted by Gasteiger charge is 2.59. The van der Waals surface area contributed by atoms with Crippen molar-refractivity contribution in [3.8, 4) is 0 Å². The zero-order valence-electron chi connectivity index (χ0n) is 21.0. The summed E-state index contributed by atoms with van der Waals surface area (Å²) in [6, 6.07) is 0. The second kappa shape index (κ2) is 7.86. The van der Waals surface area contributed by atoms with Gasteiger partial charge in [0.2, 0.25) is 0 Å². The molecule has 10 atom stereocenters. The van der Waals surface area contributed by atoms with Crippen molar-refractivity contribution in [1.82, 2.24) is 0 Å². The van der Waals surface area contributed by atoms with Crippen molar-refractivity contribution in [2.45, 2.75) is 117 Å². The standard InChI is InChI=1S/C29H48O2/c1-6-20(29(5)18-31-29)8-7-19(2)24-11-12-25-23-10-9-21-17-22(30)13-15-27(21,3)26(23)14-16-28(24,25)4/h9,19-20,22-26,30H,6-8,10-18H2,1-5H3/t19-,20-,22+,23?,24-,25?,26?,27+,28-,29+/m1/s1. The van der Waals surface area contributed by atoms with Gasteiger partial charge >= 0.3 is 0 Å². The molecule has 4 aliphatic carbocycles. The lowest BCUT2D eigenvalue weighted by Crippen LogP contribution is -2.50. The first kappa shape index (κ1) is 22.5. The molecule has 0 radical (unpaired) electrons. The van der Waals surface area contributed by atoms with Gasteiger partial charge < -0.3 is 9.84 Å². The van der Waals surface area contributed by atoms with Gasteiger partial charge in [-0.2, -0.15) is 0 Å². The van der Waals surface area contributed by atoms with Gasteiger partial charge in [0.15, 0.2) is 0 Å². The third-order valence-electron chi connectivity index (χ3n) is 11.8. The summed E-state index contributed by atoms with van der Waals surface area (Å²) in [5.74, 6) is 5.18. The van der Waals surface area contributed by atoms with Crippen molar-refractivity contribution < 1.29 is 9.84 Å². The molecule has 5 aliphatic rings. The van der Waals surface area contributed by atoms with E-state index in [1.54, 1.807) is 5.57 Å². The van der Waals surface area contributed by atoms with E-state index < -0.39 is 0 Å². The molecule has 5 rings (SSSR count). The molecule has 1 N–H and O–H groups in total. The second-order valence-electron chi connectivity index (χ2n) is 13.1. The number of epoxide rings is 1. The van der Waals surface area contributed by atoms with Crippen LogP contribution >= 0.6 is 0 Å². The lowest BCUT2D eigenvalue weighted by atomic mass is 9.47. The minimum Gasteiger partial charge on any atom is -0.393 e. The molecule has 31 heavy (non-hydrogen) atoms. The molecule has 2 nitrogen and oxygen atoms in total. The molecular formula is C29H48O2. The molecule has 3 saturated carbocycles. The Morgan fingerprint density at radius 1 is 1.06 bits per heavy atom. The predicted octanol–water partition coefficient (Wildman–Crippen LogP) is 7.16. The van der Waals surface area contributed by atoms with Crippen LogP contribution in [-0.4, -0.2) is 23.4 Å². The fourth-order valence-electron chi connectivity index (χ4n) is 9.57. The third-order valence-corrected chi connectivity index (χ3v) is 11.8. The summed E-state index contributed by atoms with van der Waals surface area (Å²) in [5.41, 5.74) is 2.74. The average Bonchev–Trinajstić information content (AvgIpc) is 3.37. The molecule has 3 unspecified atom stereocenters. The fraction of sp³-hybridized carbons (Fsp3) is 0.931. The monoisotopic (exact) mass is 428 g/mol. The minimum absolute atomic E-state index is 0.0864. The summed E-state index contributed by atoms with van der Waals surface area (Å²) in [4.78, 5) is 0. The van der Waals surface area contributed by atoms with Gasteiger partial charge in [0, 0.05) is 0 Å². The fourth-order valence-corrected chi connectivity index (χ4v) is 9.57. The van der Waals surface area contributed by atoms with Crippen molar-refractivity contribution in [3.05, 3.63) is 11.6 Å². The molecular weight excluding hydrogens is 380 g/mol. The number of allylic oxidation sites excluding steroid dienone is 1. The van der Waals surface area contributed by atoms with Crippen LogP contribution in [0.1, 0.15) is 105 Å². The number of ether oxygens (including phenoxy) is 1. The summed E-state index contributed by atoms with van der Waals surface area (Å²) in [5, 5.41) is 10.3. The van der Waals surface area contributed by atoms with Crippen LogP contribution in [0.4, 0.5) is 0 Å². The Morgan fingerprint density at radius 3 is 2.55 bits per heavy atom. The lowest BCUT2D eigenvalue weighted by Gasteiger charge is -2.58. The van der Waals surface area contributed by atoms with Gasteiger partial charge in [-0.05, 0) is 111 Å². The number of rotatable bonds is 6. The summed E-state index contributed by atoms with van der Waals surface area (Å²) in [7, 11) is 0. The topological polar surface area (TPSA) is 32.8 Å². The Morgan fingerprint density at radius 2 is 1.84 bits per heavy atom. The molecule has 4 fully saturated rings. The number of fused-ring (bicyclic) bond motifs is 5. The van der Waals surface area contributed by atoms with Crippen molar-refractivity contribution in [2.75, 3.05) is 6.61 Å². The Hall–Kier alpha value is -0.340. The SMILES string of the molecule is CC[C@H](CC[C@@H](C)[C@H]1CCC2C3CC=C4C[C@@H](O)CC[C@]4(C)C3CC[C@@]21C)[C@]1(C)CO1. The maximum Gasteiger partial charge on any atom is 0.0916 e. The van der Waals surface area contributed by atoms with Gasteiger partial charge in [-0.3, -0.25) is 0 Å². The number of aliphatic hydroxyl groups excluding tert-OH is 1. The van der Waals surface area contributed by atoms with E-state index in [-0.39, 0.29) is 11.7 Å². The minimum atomic E-state index is -0.0864. The highest BCUT2D eigenvalue weighted by molar-refractivity contribution is 5.25. The lowest BCUT2D eigenvalue weighted by molar-refractivity contribution is -0.0575. The van der Waals surface area contributed by atoms with Crippen LogP contribution in [0.2, 0.25) is 0 Å². The van der Waals surface area contributed by atoms with E-state index in [4.69, 9.17) is 4.74 Å². The Balaban J connectivity index is 1.29. The molecule has 2 heteroatoms. The van der Waals surface area contributed by atoms with Crippen molar-refractivity contribution in [2.24, 2.45) is 46.3 Å². The molecule has 1 heterocycles. The maximum absolute atomic E-state index is 10.3. The quantitative estimate of drug-likeness (QED) is 0.360. The van der Waals surface area contributed by atoms with E-state index in [2.05, 4.69) is 40.7 Å². The van der Waals surface area contributed by atoms with E-state index in [1.807, 2.05) is 0 Å². The maximum atomic E-state index is 10.3. The Bertz CT molecular complexity index is 708. The highest BCUT2D eigenvalue weighted by Crippen LogP contribution is 2.67. The normalized spacial score (nSPS) is 50.6. The van der Waals surface area contributed by atoms with Gasteiger partial charge in [0.25, 0.3) is 0 Å². The first-order chi connectivity index (χ1) is 14.7. The van der Waals surface area contributed by atoms with Crippen LogP contribution in [0.15, 0.2) is 11.6 Å². The van der Waals surface area contributed by atoms with Gasteiger partial charge in [0.1, 0.15) is 0 Å². The van der Waals surface area contributed by atoms with Gasteiger partial charge in [-0.15, -0.1) is 0 Å². The first-order valence-electron chi connectivity index (χ1n) is 13.7. The Labute approximate surface area is 191 Å². The van der Waals surface area contributed by atoms with Crippen molar-refractivity contribution in [1.29, 1.82) is 0 Å². The van der Waals surface area contributed by atoms with Gasteiger partial charge in [0.05, 0.1) is 18.3 Å². The molecule has 0 bridgehead atoms. The average molecular weight is 429 g/mol. The smallest absolute Gasteiger partial charge is 0.0916 e. The van der Waals surface area contributed by atoms with Gasteiger partial charge in [-0.1, -0.05) is 52.2 Å². The van der Waals surface area contributed by atoms with Crippen molar-refractivity contribution in [3.63, 3.8) is 0 Å². The largest absolute Gasteiger partial charge is 0.393 e. The predicted molar refractivity (Wildman–Crippen MR) is 128 cm³/mol. The highest BCUT2D eigenvalue weighted by atomic mass is 16.6. The summed E-state index contributed by atoms with van der Waals surface area (Å²) < 4.78 is 5.81. The van der Waals surface area contributed by atoms with Crippen LogP contribution in [0, 0.1) is 46.3 Å². The third kappa shape index (κ3) is 3.58. The molecule has 0 amide bonds. The number of hydrogen-bond donors (Lipinski definition) is 1. The van der Waals surface area contributed by atoms with E-state index in [0.29, 0.717) is 10.8 Å².